The number of ether oxygens (including phenoxy) is 1. The number of benzene rings is 3. The number of aromatic hydroxyl groups is 1. The number of aliphatic hydroxyl groups excluding tert-OH is 1. The molecule has 0 bridgehead atoms. The molecule has 0 aliphatic carbocycles. The predicted molar refractivity (Wildman–Crippen MR) is 142 cm³/mol. The summed E-state index contributed by atoms with van der Waals surface area (Å²) in [5.41, 5.74) is 3.53. The van der Waals surface area contributed by atoms with Gasteiger partial charge in [0.05, 0.1) is 11.6 Å². The lowest BCUT2D eigenvalue weighted by molar-refractivity contribution is -0.140. The van der Waals surface area contributed by atoms with Gasteiger partial charge in [-0.15, -0.1) is 0 Å². The van der Waals surface area contributed by atoms with Crippen molar-refractivity contribution in [2.45, 2.75) is 26.1 Å². The van der Waals surface area contributed by atoms with Crippen LogP contribution in [0.1, 0.15) is 33.9 Å². The molecule has 7 nitrogen and oxygen atoms in total. The second-order valence-electron chi connectivity index (χ2n) is 9.13. The number of likely N-dealkylation sites (tertiary alicyclic amines) is 1. The van der Waals surface area contributed by atoms with Crippen molar-refractivity contribution in [2.24, 2.45) is 0 Å². The third-order valence-electron chi connectivity index (χ3n) is 6.51. The first kappa shape index (κ1) is 24.8. The molecule has 3 aromatic carbocycles. The van der Waals surface area contributed by atoms with Crippen LogP contribution in [0.25, 0.3) is 5.76 Å². The fourth-order valence-corrected chi connectivity index (χ4v) is 4.58. The Labute approximate surface area is 220 Å². The second-order valence-corrected chi connectivity index (χ2v) is 9.13. The molecule has 7 heteroatoms. The van der Waals surface area contributed by atoms with Crippen molar-refractivity contribution >= 4 is 17.4 Å². The molecule has 0 spiro atoms. The average Bonchev–Trinajstić information content (AvgIpc) is 3.18. The maximum Gasteiger partial charge on any atom is 0.295 e. The number of nitrogens with zero attached hydrogens (tertiary/aromatic N) is 2. The van der Waals surface area contributed by atoms with E-state index in [0.29, 0.717) is 23.5 Å². The van der Waals surface area contributed by atoms with E-state index in [-0.39, 0.29) is 23.6 Å². The highest BCUT2D eigenvalue weighted by Crippen LogP contribution is 2.41. The summed E-state index contributed by atoms with van der Waals surface area (Å²) < 4.78 is 5.95. The van der Waals surface area contributed by atoms with Gasteiger partial charge < -0.3 is 19.8 Å². The molecule has 38 heavy (non-hydrogen) atoms. The normalized spacial score (nSPS) is 16.6. The highest BCUT2D eigenvalue weighted by Gasteiger charge is 2.46. The number of carbonyl (C=O) groups excluding carboxylic acids is 2. The van der Waals surface area contributed by atoms with Gasteiger partial charge in [-0.2, -0.15) is 0 Å². The van der Waals surface area contributed by atoms with Crippen molar-refractivity contribution < 1.29 is 24.5 Å². The standard InChI is InChI=1S/C31H26N2O5/c1-20-16-24(11-14-26(20)38-19-21-6-3-2-4-7-21)29(35)27-28(23-9-12-25(34)13-10-23)33(31(37)30(27)36)18-22-8-5-15-32-17-22/h2-17,28,34-35H,18-19H2,1H3/b29-27+/t28-/m0/s1. The Morgan fingerprint density at radius 1 is 0.947 bits per heavy atom. The summed E-state index contributed by atoms with van der Waals surface area (Å²) in [7, 11) is 0. The Morgan fingerprint density at radius 3 is 2.37 bits per heavy atom. The van der Waals surface area contributed by atoms with E-state index in [1.165, 1.54) is 17.0 Å². The minimum atomic E-state index is -0.842. The van der Waals surface area contributed by atoms with Gasteiger partial charge in [-0.05, 0) is 65.6 Å². The van der Waals surface area contributed by atoms with Crippen LogP contribution in [-0.4, -0.2) is 31.8 Å². The number of rotatable bonds is 7. The summed E-state index contributed by atoms with van der Waals surface area (Å²) in [5, 5.41) is 21.2. The lowest BCUT2D eigenvalue weighted by Gasteiger charge is -2.25. The average molecular weight is 507 g/mol. The Balaban J connectivity index is 1.51. The van der Waals surface area contributed by atoms with Crippen LogP contribution in [0.4, 0.5) is 0 Å². The van der Waals surface area contributed by atoms with Gasteiger partial charge in [-0.3, -0.25) is 14.6 Å². The number of aromatic nitrogens is 1. The highest BCUT2D eigenvalue weighted by atomic mass is 16.5. The summed E-state index contributed by atoms with van der Waals surface area (Å²) in [6.45, 7) is 2.38. The van der Waals surface area contributed by atoms with Gasteiger partial charge in [0.15, 0.2) is 0 Å². The third-order valence-corrected chi connectivity index (χ3v) is 6.51. The first-order valence-corrected chi connectivity index (χ1v) is 12.2. The molecular weight excluding hydrogens is 480 g/mol. The molecule has 1 saturated heterocycles. The Hall–Kier alpha value is -4.91. The molecule has 0 unspecified atom stereocenters. The lowest BCUT2D eigenvalue weighted by Crippen LogP contribution is -2.29. The summed E-state index contributed by atoms with van der Waals surface area (Å²) in [6.07, 6.45) is 3.26. The van der Waals surface area contributed by atoms with Crippen molar-refractivity contribution in [3.63, 3.8) is 0 Å². The maximum absolute atomic E-state index is 13.3. The van der Waals surface area contributed by atoms with Crippen LogP contribution in [0.5, 0.6) is 11.5 Å². The fraction of sp³-hybridized carbons (Fsp3) is 0.129. The fourth-order valence-electron chi connectivity index (χ4n) is 4.58. The summed E-state index contributed by atoms with van der Waals surface area (Å²) >= 11 is 0. The Bertz CT molecular complexity index is 1500. The number of aliphatic hydroxyl groups is 1. The first-order valence-electron chi connectivity index (χ1n) is 12.2. The quantitative estimate of drug-likeness (QED) is 0.201. The zero-order chi connectivity index (χ0) is 26.6. The number of aryl methyl sites for hydroxylation is 1. The molecule has 5 rings (SSSR count). The van der Waals surface area contributed by atoms with Crippen LogP contribution in [0.3, 0.4) is 0 Å². The molecule has 1 fully saturated rings. The first-order chi connectivity index (χ1) is 18.4. The van der Waals surface area contributed by atoms with Crippen LogP contribution in [-0.2, 0) is 22.7 Å². The summed E-state index contributed by atoms with van der Waals surface area (Å²) in [5.74, 6) is -1.05. The summed E-state index contributed by atoms with van der Waals surface area (Å²) in [4.78, 5) is 32.0. The van der Waals surface area contributed by atoms with Crippen molar-refractivity contribution in [1.82, 2.24) is 9.88 Å². The van der Waals surface area contributed by atoms with Gasteiger partial charge in [0.1, 0.15) is 23.9 Å². The molecule has 2 heterocycles. The molecule has 1 aliphatic rings. The van der Waals surface area contributed by atoms with Gasteiger partial charge in [-0.1, -0.05) is 48.5 Å². The largest absolute Gasteiger partial charge is 0.508 e. The second kappa shape index (κ2) is 10.6. The predicted octanol–water partition coefficient (Wildman–Crippen LogP) is 5.30. The van der Waals surface area contributed by atoms with Crippen LogP contribution in [0.15, 0.2) is 103 Å². The van der Waals surface area contributed by atoms with Crippen LogP contribution < -0.4 is 4.74 Å². The SMILES string of the molecule is Cc1cc(/C(O)=C2\C(=O)C(=O)N(Cc3cccnc3)[C@H]2c2ccc(O)cc2)ccc1OCc1ccccc1. The molecule has 1 amide bonds. The van der Waals surface area contributed by atoms with Crippen LogP contribution in [0, 0.1) is 6.92 Å². The van der Waals surface area contributed by atoms with Gasteiger partial charge in [0.2, 0.25) is 0 Å². The lowest BCUT2D eigenvalue weighted by atomic mass is 9.94. The van der Waals surface area contributed by atoms with E-state index in [2.05, 4.69) is 4.98 Å². The maximum atomic E-state index is 13.3. The monoisotopic (exact) mass is 506 g/mol. The van der Waals surface area contributed by atoms with E-state index < -0.39 is 17.7 Å². The number of phenolic OH excluding ortho intramolecular Hbond substituents is 1. The zero-order valence-electron chi connectivity index (χ0n) is 20.7. The highest BCUT2D eigenvalue weighted by molar-refractivity contribution is 6.46. The van der Waals surface area contributed by atoms with Crippen molar-refractivity contribution in [3.05, 3.63) is 131 Å². The van der Waals surface area contributed by atoms with Gasteiger partial charge >= 0.3 is 0 Å². The molecule has 190 valence electrons. The van der Waals surface area contributed by atoms with E-state index in [1.807, 2.05) is 43.3 Å². The molecule has 1 atom stereocenters. The molecule has 0 saturated carbocycles. The van der Waals surface area contributed by atoms with Crippen molar-refractivity contribution in [2.75, 3.05) is 0 Å². The zero-order valence-corrected chi connectivity index (χ0v) is 20.7. The topological polar surface area (TPSA) is 100.0 Å². The van der Waals surface area contributed by atoms with Gasteiger partial charge in [0.25, 0.3) is 11.7 Å². The molecule has 4 aromatic rings. The minimum absolute atomic E-state index is 0.0121. The number of carbonyl (C=O) groups is 2. The van der Waals surface area contributed by atoms with Gasteiger partial charge in [-0.25, -0.2) is 0 Å². The Kier molecular flexibility index (Phi) is 6.91. The minimum Gasteiger partial charge on any atom is -0.508 e. The number of pyridine rings is 1. The smallest absolute Gasteiger partial charge is 0.295 e. The number of hydrogen-bond donors (Lipinski definition) is 2. The van der Waals surface area contributed by atoms with Crippen LogP contribution in [0.2, 0.25) is 0 Å². The molecule has 1 aromatic heterocycles. The number of Topliss-reactive ketones (excluding diaryl/α,β-unsaturated/α-hetero) is 1. The van der Waals surface area contributed by atoms with E-state index in [1.54, 1.807) is 48.8 Å². The van der Waals surface area contributed by atoms with E-state index in [4.69, 9.17) is 4.74 Å². The van der Waals surface area contributed by atoms with Gasteiger partial charge in [0, 0.05) is 24.5 Å². The van der Waals surface area contributed by atoms with E-state index in [0.717, 1.165) is 16.7 Å². The molecule has 0 radical (unpaired) electrons. The van der Waals surface area contributed by atoms with Crippen molar-refractivity contribution in [3.8, 4) is 11.5 Å². The molecule has 1 aliphatic heterocycles. The number of hydrogen-bond acceptors (Lipinski definition) is 6. The van der Waals surface area contributed by atoms with E-state index in [9.17, 15) is 19.8 Å². The van der Waals surface area contributed by atoms with E-state index >= 15 is 0 Å². The van der Waals surface area contributed by atoms with Crippen molar-refractivity contribution in [1.29, 1.82) is 0 Å². The number of amides is 1. The number of ketones is 1. The summed E-state index contributed by atoms with van der Waals surface area (Å²) in [6, 6.07) is 23.9. The molecule has 2 N–H and O–H groups in total. The number of phenols is 1. The van der Waals surface area contributed by atoms with Crippen LogP contribution >= 0.6 is 0 Å². The third kappa shape index (κ3) is 4.99. The Morgan fingerprint density at radius 2 is 1.68 bits per heavy atom. The molecular formula is C31H26N2O5.